The molecule has 6 nitrogen and oxygen atoms in total. The lowest BCUT2D eigenvalue weighted by Gasteiger charge is -2.58. The summed E-state index contributed by atoms with van der Waals surface area (Å²) in [5, 5.41) is 9.71. The van der Waals surface area contributed by atoms with E-state index in [0.717, 1.165) is 24.8 Å². The first-order valence-electron chi connectivity index (χ1n) is 10.4. The number of carboxylic acids is 1. The molecule has 2 aliphatic carbocycles. The molecule has 0 spiro atoms. The predicted octanol–water partition coefficient (Wildman–Crippen LogP) is 4.30. The minimum atomic E-state index is -4.02. The van der Waals surface area contributed by atoms with Crippen LogP contribution in [-0.4, -0.2) is 30.6 Å². The van der Waals surface area contributed by atoms with Crippen molar-refractivity contribution in [3.05, 3.63) is 41.5 Å². The number of carboxylic acid groups (broad SMARTS) is 1. The second-order valence-corrected chi connectivity index (χ2v) is 11.2. The second-order valence-electron chi connectivity index (χ2n) is 9.74. The Hall–Kier alpha value is -1.70. The molecule has 0 radical (unpaired) electrons. The van der Waals surface area contributed by atoms with Gasteiger partial charge in [0.1, 0.15) is 0 Å². The van der Waals surface area contributed by atoms with E-state index in [1.165, 1.54) is 17.7 Å². The number of carbonyl (C=O) groups is 1. The molecule has 0 aromatic heterocycles. The van der Waals surface area contributed by atoms with E-state index in [2.05, 4.69) is 13.0 Å². The van der Waals surface area contributed by atoms with E-state index in [1.54, 1.807) is 12.1 Å². The number of hydrogen-bond acceptors (Lipinski definition) is 4. The normalized spacial score (nSPS) is 26.6. The molecule has 4 atom stereocenters. The first-order chi connectivity index (χ1) is 13.8. The quantitative estimate of drug-likeness (QED) is 0.467. The van der Waals surface area contributed by atoms with Crippen molar-refractivity contribution >= 4 is 16.1 Å². The molecule has 1 unspecified atom stereocenters. The molecule has 1 aromatic carbocycles. The highest BCUT2D eigenvalue weighted by atomic mass is 32.2. The molecule has 0 heterocycles. The van der Waals surface area contributed by atoms with Gasteiger partial charge in [0, 0.05) is 5.41 Å². The fraction of sp³-hybridized carbons (Fsp3) is 0.609. The molecule has 30 heavy (non-hydrogen) atoms. The third-order valence-electron chi connectivity index (χ3n) is 6.59. The number of benzene rings is 1. The number of aliphatic carboxylic acids is 1. The first kappa shape index (κ1) is 24.6. The lowest BCUT2D eigenvalue weighted by atomic mass is 9.46. The van der Waals surface area contributed by atoms with Gasteiger partial charge >= 0.3 is 5.97 Å². The summed E-state index contributed by atoms with van der Waals surface area (Å²) in [6, 6.07) is 5.99. The maximum Gasteiger partial charge on any atom is 0.307 e. The van der Waals surface area contributed by atoms with Gasteiger partial charge in [-0.2, -0.15) is 8.42 Å². The highest BCUT2D eigenvalue weighted by molar-refractivity contribution is 7.85. The van der Waals surface area contributed by atoms with Crippen LogP contribution in [0, 0.1) is 35.5 Å². The molecule has 168 valence electrons. The summed E-state index contributed by atoms with van der Waals surface area (Å²) in [6.07, 6.45) is 5.55. The van der Waals surface area contributed by atoms with Crippen molar-refractivity contribution in [2.45, 2.75) is 58.8 Å². The summed E-state index contributed by atoms with van der Waals surface area (Å²) < 4.78 is 29.6. The molecule has 1 aromatic rings. The molecular formula is C23H35NO5S. The number of nitrogens with two attached hydrogens (primary N) is 1. The molecule has 0 aliphatic heterocycles. The van der Waals surface area contributed by atoms with Crippen LogP contribution < -0.4 is 5.73 Å². The maximum absolute atomic E-state index is 11.8. The topological polar surface area (TPSA) is 118 Å². The van der Waals surface area contributed by atoms with Gasteiger partial charge in [0.15, 0.2) is 0 Å². The fourth-order valence-corrected chi connectivity index (χ4v) is 5.80. The molecule has 0 saturated heterocycles. The van der Waals surface area contributed by atoms with Crippen LogP contribution in [0.2, 0.25) is 0 Å². The van der Waals surface area contributed by atoms with Crippen molar-refractivity contribution in [1.29, 1.82) is 0 Å². The monoisotopic (exact) mass is 437 g/mol. The van der Waals surface area contributed by atoms with E-state index in [1.807, 2.05) is 27.7 Å². The standard InChI is InChI=1S/C16H27NO2.C7H8O3S/c1-5-10-6-11-8-16(9-17,12(11)7-10)13(14(18)19)15(2,3)4;1-6-2-4-7(5-3-6)11(8,9)10/h7,11-13H,5-6,8-9,17H2,1-4H3,(H,18,19);2-5H,1H3,(H,8,9,10)/t11-,12-,13?,16+;/m1./s1. The minimum Gasteiger partial charge on any atom is -0.481 e. The van der Waals surface area contributed by atoms with Gasteiger partial charge in [-0.15, -0.1) is 0 Å². The lowest BCUT2D eigenvalue weighted by molar-refractivity contribution is -0.166. The molecule has 3 rings (SSSR count). The zero-order valence-corrected chi connectivity index (χ0v) is 19.4. The van der Waals surface area contributed by atoms with Crippen molar-refractivity contribution < 1.29 is 22.9 Å². The van der Waals surface area contributed by atoms with Crippen LogP contribution in [-0.2, 0) is 14.9 Å². The summed E-state index contributed by atoms with van der Waals surface area (Å²) in [5.74, 6) is -0.0241. The van der Waals surface area contributed by atoms with Crippen molar-refractivity contribution in [3.8, 4) is 0 Å². The Morgan fingerprint density at radius 3 is 2.23 bits per heavy atom. The van der Waals surface area contributed by atoms with Gasteiger partial charge in [0.05, 0.1) is 10.8 Å². The van der Waals surface area contributed by atoms with Crippen molar-refractivity contribution in [2.75, 3.05) is 6.54 Å². The molecule has 4 N–H and O–H groups in total. The van der Waals surface area contributed by atoms with E-state index in [-0.39, 0.29) is 21.6 Å². The van der Waals surface area contributed by atoms with Crippen LogP contribution in [0.4, 0.5) is 0 Å². The molecular weight excluding hydrogens is 402 g/mol. The zero-order chi connectivity index (χ0) is 22.9. The molecule has 1 saturated carbocycles. The highest BCUT2D eigenvalue weighted by Crippen LogP contribution is 2.64. The van der Waals surface area contributed by atoms with Crippen molar-refractivity contribution in [2.24, 2.45) is 34.3 Å². The second kappa shape index (κ2) is 8.81. The molecule has 1 fully saturated rings. The molecule has 2 aliphatic rings. The van der Waals surface area contributed by atoms with E-state index in [0.29, 0.717) is 18.4 Å². The number of aryl methyl sites for hydroxylation is 1. The Labute approximate surface area is 180 Å². The van der Waals surface area contributed by atoms with Crippen molar-refractivity contribution in [1.82, 2.24) is 0 Å². The third-order valence-corrected chi connectivity index (χ3v) is 7.46. The number of hydrogen-bond donors (Lipinski definition) is 3. The fourth-order valence-electron chi connectivity index (χ4n) is 5.32. The maximum atomic E-state index is 11.8. The van der Waals surface area contributed by atoms with Crippen LogP contribution >= 0.6 is 0 Å². The Morgan fingerprint density at radius 1 is 1.27 bits per heavy atom. The predicted molar refractivity (Wildman–Crippen MR) is 118 cm³/mol. The van der Waals surface area contributed by atoms with Gasteiger partial charge in [0.25, 0.3) is 10.1 Å². The van der Waals surface area contributed by atoms with Gasteiger partial charge in [-0.25, -0.2) is 0 Å². The van der Waals surface area contributed by atoms with E-state index < -0.39 is 16.1 Å². The van der Waals surface area contributed by atoms with Gasteiger partial charge in [-0.1, -0.05) is 57.0 Å². The van der Waals surface area contributed by atoms with Gasteiger partial charge in [-0.3, -0.25) is 9.35 Å². The first-order valence-corrected chi connectivity index (χ1v) is 11.9. The molecule has 7 heteroatoms. The summed E-state index contributed by atoms with van der Waals surface area (Å²) in [7, 11) is -4.02. The average molecular weight is 438 g/mol. The molecule has 0 amide bonds. The highest BCUT2D eigenvalue weighted by Gasteiger charge is 2.62. The largest absolute Gasteiger partial charge is 0.481 e. The van der Waals surface area contributed by atoms with Gasteiger partial charge < -0.3 is 10.8 Å². The Kier molecular flexibility index (Phi) is 7.21. The zero-order valence-electron chi connectivity index (χ0n) is 18.6. The number of allylic oxidation sites excluding steroid dienone is 2. The Balaban J connectivity index is 0.000000248. The number of rotatable bonds is 5. The van der Waals surface area contributed by atoms with Crippen LogP contribution in [0.25, 0.3) is 0 Å². The number of fused-ring (bicyclic) bond motifs is 1. The average Bonchev–Trinajstić information content (AvgIpc) is 2.96. The summed E-state index contributed by atoms with van der Waals surface area (Å²) >= 11 is 0. The van der Waals surface area contributed by atoms with Crippen molar-refractivity contribution in [3.63, 3.8) is 0 Å². The van der Waals surface area contributed by atoms with Crippen LogP contribution in [0.3, 0.4) is 0 Å². The van der Waals surface area contributed by atoms with Crippen LogP contribution in [0.15, 0.2) is 40.8 Å². The van der Waals surface area contributed by atoms with Gasteiger partial charge in [-0.05, 0) is 62.1 Å². The van der Waals surface area contributed by atoms with Gasteiger partial charge in [0.2, 0.25) is 0 Å². The third kappa shape index (κ3) is 4.95. The smallest absolute Gasteiger partial charge is 0.307 e. The SMILES string of the molecule is CCC1=C[C@@H]2[C@H](C1)C[C@@]2(CN)C(C(=O)O)C(C)(C)C.Cc1ccc(S(=O)(=O)O)cc1. The van der Waals surface area contributed by atoms with E-state index in [9.17, 15) is 18.3 Å². The van der Waals surface area contributed by atoms with Crippen LogP contribution in [0.5, 0.6) is 0 Å². The molecule has 0 bridgehead atoms. The summed E-state index contributed by atoms with van der Waals surface area (Å²) in [6.45, 7) is 10.6. The summed E-state index contributed by atoms with van der Waals surface area (Å²) in [5.41, 5.74) is 8.02. The Morgan fingerprint density at radius 2 is 1.83 bits per heavy atom. The minimum absolute atomic E-state index is 0.0666. The summed E-state index contributed by atoms with van der Waals surface area (Å²) in [4.78, 5) is 11.7. The Bertz CT molecular complexity index is 899. The van der Waals surface area contributed by atoms with E-state index in [4.69, 9.17) is 10.3 Å². The van der Waals surface area contributed by atoms with Crippen LogP contribution in [0.1, 0.15) is 52.5 Å². The van der Waals surface area contributed by atoms with E-state index >= 15 is 0 Å². The lowest BCUT2D eigenvalue weighted by Crippen LogP contribution is -2.59.